The van der Waals surface area contributed by atoms with Crippen LogP contribution in [-0.2, 0) is 35.6 Å². The molecule has 4 N–H and O–H groups in total. The molecule has 4 rings (SSSR count). The zero-order valence-electron chi connectivity index (χ0n) is 22.8. The molecule has 0 atom stereocenters. The van der Waals surface area contributed by atoms with Gasteiger partial charge in [-0.1, -0.05) is 18.2 Å². The number of sulfonamides is 1. The van der Waals surface area contributed by atoms with Crippen LogP contribution in [0.1, 0.15) is 30.5 Å². The first-order valence-electron chi connectivity index (χ1n) is 12.4. The first kappa shape index (κ1) is 29.3. The summed E-state index contributed by atoms with van der Waals surface area (Å²) in [6.45, 7) is 2.82. The monoisotopic (exact) mass is 580 g/mol. The number of halogens is 1. The van der Waals surface area contributed by atoms with Crippen molar-refractivity contribution in [1.29, 1.82) is 0 Å². The fourth-order valence-electron chi connectivity index (χ4n) is 4.60. The highest BCUT2D eigenvalue weighted by Crippen LogP contribution is 2.38. The molecule has 0 fully saturated rings. The summed E-state index contributed by atoms with van der Waals surface area (Å²) in [7, 11) is -2.60. The number of hydrogen-bond acceptors (Lipinski definition) is 7. The number of amides is 2. The van der Waals surface area contributed by atoms with E-state index in [4.69, 9.17) is 10.5 Å². The van der Waals surface area contributed by atoms with Gasteiger partial charge >= 0.3 is 5.97 Å². The molecule has 0 bridgehead atoms. The van der Waals surface area contributed by atoms with Crippen molar-refractivity contribution in [3.05, 3.63) is 89.2 Å². The number of primary amides is 1. The lowest BCUT2D eigenvalue weighted by Crippen LogP contribution is -2.55. The number of ether oxygens (including phenoxy) is 1. The van der Waals surface area contributed by atoms with Gasteiger partial charge in [0.25, 0.3) is 5.91 Å². The van der Waals surface area contributed by atoms with Crippen LogP contribution < -0.4 is 20.7 Å². The normalized spacial score (nSPS) is 14.1. The van der Waals surface area contributed by atoms with E-state index in [2.05, 4.69) is 10.6 Å². The van der Waals surface area contributed by atoms with Gasteiger partial charge in [0.2, 0.25) is 15.9 Å². The van der Waals surface area contributed by atoms with E-state index in [1.54, 1.807) is 36.4 Å². The predicted molar refractivity (Wildman–Crippen MR) is 155 cm³/mol. The van der Waals surface area contributed by atoms with Crippen LogP contribution in [-0.4, -0.2) is 45.1 Å². The van der Waals surface area contributed by atoms with Gasteiger partial charge in [0, 0.05) is 11.3 Å². The lowest BCUT2D eigenvalue weighted by Gasteiger charge is -2.35. The van der Waals surface area contributed by atoms with Crippen LogP contribution in [0.25, 0.3) is 11.3 Å². The third-order valence-corrected chi connectivity index (χ3v) is 7.91. The van der Waals surface area contributed by atoms with E-state index >= 15 is 0 Å². The number of hydrogen-bond donors (Lipinski definition) is 3. The van der Waals surface area contributed by atoms with Gasteiger partial charge in [0.15, 0.2) is 0 Å². The molecule has 3 aromatic rings. The molecule has 0 unspecified atom stereocenters. The first-order valence-corrected chi connectivity index (χ1v) is 14.3. The Bertz CT molecular complexity index is 1680. The largest absolute Gasteiger partial charge is 0.469 e. The summed E-state index contributed by atoms with van der Waals surface area (Å²) in [5.41, 5.74) is 7.22. The van der Waals surface area contributed by atoms with Crippen LogP contribution in [0.3, 0.4) is 0 Å². The summed E-state index contributed by atoms with van der Waals surface area (Å²) in [6.07, 6.45) is 0.985. The SMILES string of the molecule is COC(=O)Cc1cccc(/C(Nc2ccc(N(C(C)(C)C(N)=O)S(C)(=O)=O)cc2)=C2/C(=O)Nc3cc(F)ccc32)c1. The van der Waals surface area contributed by atoms with Crippen LogP contribution in [0.15, 0.2) is 66.7 Å². The van der Waals surface area contributed by atoms with Gasteiger partial charge in [-0.2, -0.15) is 0 Å². The minimum absolute atomic E-state index is 0.00657. The highest BCUT2D eigenvalue weighted by Gasteiger charge is 2.39. The standard InChI is InChI=1S/C29H29FN4O6S/c1-29(2,28(31)37)34(41(4,38)39)21-11-9-20(10-12-21)32-26(18-7-5-6-17(14-18)15-24(35)40-3)25-22-13-8-19(30)16-23(22)33-27(25)36/h5-14,16,32H,15H2,1-4H3,(H2,31,37)(H,33,36)/b26-25-. The van der Waals surface area contributed by atoms with Gasteiger partial charge < -0.3 is 21.1 Å². The van der Waals surface area contributed by atoms with Crippen molar-refractivity contribution in [2.45, 2.75) is 25.8 Å². The maximum absolute atomic E-state index is 13.9. The van der Waals surface area contributed by atoms with Crippen LogP contribution in [0.4, 0.5) is 21.5 Å². The number of benzene rings is 3. The number of fused-ring (bicyclic) bond motifs is 1. The Morgan fingerprint density at radius 1 is 1.07 bits per heavy atom. The number of anilines is 3. The number of methoxy groups -OCH3 is 1. The quantitative estimate of drug-likeness (QED) is 0.259. The minimum atomic E-state index is -3.89. The van der Waals surface area contributed by atoms with Crippen molar-refractivity contribution in [2.75, 3.05) is 28.3 Å². The number of carbonyl (C=O) groups is 3. The van der Waals surface area contributed by atoms with E-state index < -0.39 is 39.2 Å². The third kappa shape index (κ3) is 6.07. The maximum Gasteiger partial charge on any atom is 0.309 e. The second-order valence-corrected chi connectivity index (χ2v) is 11.8. The molecule has 1 heterocycles. The number of carbonyl (C=O) groups excluding carboxylic acids is 3. The van der Waals surface area contributed by atoms with Crippen molar-refractivity contribution in [1.82, 2.24) is 0 Å². The van der Waals surface area contributed by atoms with Crippen molar-refractivity contribution < 1.29 is 31.9 Å². The summed E-state index contributed by atoms with van der Waals surface area (Å²) in [6, 6.07) is 17.1. The average molecular weight is 581 g/mol. The molecule has 0 saturated heterocycles. The molecule has 12 heteroatoms. The van der Waals surface area contributed by atoms with Gasteiger partial charge in [-0.15, -0.1) is 0 Å². The minimum Gasteiger partial charge on any atom is -0.469 e. The molecule has 2 amide bonds. The molecule has 214 valence electrons. The number of esters is 1. The van der Waals surface area contributed by atoms with Crippen molar-refractivity contribution in [3.63, 3.8) is 0 Å². The van der Waals surface area contributed by atoms with Crippen LogP contribution in [0, 0.1) is 5.82 Å². The molecule has 0 spiro atoms. The number of nitrogens with two attached hydrogens (primary N) is 1. The fraction of sp³-hybridized carbons (Fsp3) is 0.207. The summed E-state index contributed by atoms with van der Waals surface area (Å²) >= 11 is 0. The van der Waals surface area contributed by atoms with Crippen molar-refractivity contribution in [3.8, 4) is 0 Å². The van der Waals surface area contributed by atoms with Gasteiger partial charge in [0.1, 0.15) is 11.4 Å². The Morgan fingerprint density at radius 2 is 1.76 bits per heavy atom. The van der Waals surface area contributed by atoms with Crippen LogP contribution >= 0.6 is 0 Å². The molecule has 0 aromatic heterocycles. The molecular weight excluding hydrogens is 551 g/mol. The van der Waals surface area contributed by atoms with Crippen molar-refractivity contribution in [2.24, 2.45) is 5.73 Å². The first-order chi connectivity index (χ1) is 19.2. The zero-order valence-corrected chi connectivity index (χ0v) is 23.6. The Kier molecular flexibility index (Phi) is 7.89. The summed E-state index contributed by atoms with van der Waals surface area (Å²) < 4.78 is 44.8. The lowest BCUT2D eigenvalue weighted by molar-refractivity contribution is -0.139. The molecule has 10 nitrogen and oxygen atoms in total. The predicted octanol–water partition coefficient (Wildman–Crippen LogP) is 3.50. The van der Waals surface area contributed by atoms with Crippen LogP contribution in [0.5, 0.6) is 0 Å². The number of nitrogens with zero attached hydrogens (tertiary/aromatic N) is 1. The maximum atomic E-state index is 13.9. The Labute approximate surface area is 237 Å². The second kappa shape index (κ2) is 11.0. The van der Waals surface area contributed by atoms with Gasteiger partial charge in [-0.3, -0.25) is 18.7 Å². The van der Waals surface area contributed by atoms with E-state index in [0.717, 1.165) is 10.6 Å². The summed E-state index contributed by atoms with van der Waals surface area (Å²) in [5.74, 6) is -2.24. The zero-order chi connectivity index (χ0) is 30.1. The molecule has 1 aliphatic rings. The second-order valence-electron chi connectivity index (χ2n) is 9.97. The lowest BCUT2D eigenvalue weighted by atomic mass is 9.98. The summed E-state index contributed by atoms with van der Waals surface area (Å²) in [5, 5.41) is 5.91. The van der Waals surface area contributed by atoms with Gasteiger partial charge in [-0.05, 0) is 73.5 Å². The van der Waals surface area contributed by atoms with E-state index in [1.165, 1.54) is 51.3 Å². The Hall–Kier alpha value is -4.71. The number of nitrogens with one attached hydrogen (secondary N) is 2. The van der Waals surface area contributed by atoms with E-state index in [1.807, 2.05) is 0 Å². The van der Waals surface area contributed by atoms with E-state index in [0.29, 0.717) is 33.8 Å². The number of rotatable bonds is 9. The van der Waals surface area contributed by atoms with Gasteiger partial charge in [-0.25, -0.2) is 12.8 Å². The highest BCUT2D eigenvalue weighted by atomic mass is 32.2. The topological polar surface area (TPSA) is 148 Å². The molecule has 0 aliphatic carbocycles. The molecule has 0 saturated carbocycles. The molecule has 3 aromatic carbocycles. The molecule has 1 aliphatic heterocycles. The van der Waals surface area contributed by atoms with E-state index in [-0.39, 0.29) is 17.7 Å². The molecule has 41 heavy (non-hydrogen) atoms. The smallest absolute Gasteiger partial charge is 0.309 e. The van der Waals surface area contributed by atoms with Gasteiger partial charge in [0.05, 0.1) is 42.4 Å². The fourth-order valence-corrected chi connectivity index (χ4v) is 6.02. The molecule has 0 radical (unpaired) electrons. The highest BCUT2D eigenvalue weighted by molar-refractivity contribution is 7.92. The van der Waals surface area contributed by atoms with E-state index in [9.17, 15) is 27.2 Å². The third-order valence-electron chi connectivity index (χ3n) is 6.58. The average Bonchev–Trinajstić information content (AvgIpc) is 3.21. The van der Waals surface area contributed by atoms with Crippen molar-refractivity contribution >= 4 is 56.1 Å². The molecular formula is C29H29FN4O6S. The Balaban J connectivity index is 1.82. The summed E-state index contributed by atoms with van der Waals surface area (Å²) in [4.78, 5) is 37.1. The van der Waals surface area contributed by atoms with Crippen LogP contribution in [0.2, 0.25) is 0 Å². The Morgan fingerprint density at radius 3 is 2.37 bits per heavy atom.